The zero-order valence-electron chi connectivity index (χ0n) is 9.51. The smallest absolute Gasteiger partial charge is 0.169 e. The van der Waals surface area contributed by atoms with E-state index in [1.807, 2.05) is 6.07 Å². The minimum Gasteiger partial charge on any atom is -0.281 e. The highest BCUT2D eigenvalue weighted by Crippen LogP contribution is 2.27. The summed E-state index contributed by atoms with van der Waals surface area (Å²) in [4.78, 5) is 0. The molecule has 0 saturated carbocycles. The molecule has 0 amide bonds. The largest absolute Gasteiger partial charge is 0.281 e. The molecule has 0 N–H and O–H groups in total. The van der Waals surface area contributed by atoms with Gasteiger partial charge in [0.15, 0.2) is 11.5 Å². The van der Waals surface area contributed by atoms with Crippen LogP contribution in [-0.4, -0.2) is 14.6 Å². The average Bonchev–Trinajstić information content (AvgIpc) is 2.81. The third-order valence-electron chi connectivity index (χ3n) is 2.70. The predicted octanol–water partition coefficient (Wildman–Crippen LogP) is 3.06. The molecule has 0 aliphatic rings. The average molecular weight is 273 g/mol. The van der Waals surface area contributed by atoms with Crippen LogP contribution in [0.4, 0.5) is 4.39 Å². The first-order chi connectivity index (χ1) is 9.19. The first kappa shape index (κ1) is 11.6. The van der Waals surface area contributed by atoms with Crippen molar-refractivity contribution in [2.75, 3.05) is 0 Å². The van der Waals surface area contributed by atoms with Crippen LogP contribution in [-0.2, 0) is 0 Å². The van der Waals surface area contributed by atoms with Crippen LogP contribution in [0.2, 0.25) is 5.02 Å². The molecular formula is C13H6ClFN4. The molecule has 0 unspecified atom stereocenters. The summed E-state index contributed by atoms with van der Waals surface area (Å²) in [5, 5.41) is 17.2. The second-order valence-corrected chi connectivity index (χ2v) is 4.31. The summed E-state index contributed by atoms with van der Waals surface area (Å²) in [6.07, 6.45) is 1.62. The summed E-state index contributed by atoms with van der Waals surface area (Å²) in [5.41, 5.74) is 1.63. The lowest BCUT2D eigenvalue weighted by molar-refractivity contribution is 0.628. The molecule has 0 saturated heterocycles. The van der Waals surface area contributed by atoms with Gasteiger partial charge >= 0.3 is 0 Å². The van der Waals surface area contributed by atoms with Gasteiger partial charge < -0.3 is 0 Å². The molecular weight excluding hydrogens is 267 g/mol. The Morgan fingerprint density at radius 2 is 2.05 bits per heavy atom. The number of rotatable bonds is 1. The summed E-state index contributed by atoms with van der Waals surface area (Å²) >= 11 is 6.01. The molecule has 0 radical (unpaired) electrons. The molecule has 19 heavy (non-hydrogen) atoms. The van der Waals surface area contributed by atoms with E-state index in [1.165, 1.54) is 18.2 Å². The van der Waals surface area contributed by atoms with Crippen LogP contribution < -0.4 is 0 Å². The predicted molar refractivity (Wildman–Crippen MR) is 68.1 cm³/mol. The van der Waals surface area contributed by atoms with E-state index in [0.717, 1.165) is 0 Å². The maximum Gasteiger partial charge on any atom is 0.169 e. The van der Waals surface area contributed by atoms with Gasteiger partial charge in [-0.2, -0.15) is 5.26 Å². The Bertz CT molecular complexity index is 819. The van der Waals surface area contributed by atoms with Crippen LogP contribution in [0.25, 0.3) is 17.0 Å². The molecule has 0 aliphatic carbocycles. The van der Waals surface area contributed by atoms with Gasteiger partial charge in [-0.15, -0.1) is 10.2 Å². The van der Waals surface area contributed by atoms with Crippen molar-refractivity contribution < 1.29 is 4.39 Å². The molecule has 4 nitrogen and oxygen atoms in total. The molecule has 2 heterocycles. The second kappa shape index (κ2) is 4.34. The molecule has 0 bridgehead atoms. The topological polar surface area (TPSA) is 54.0 Å². The number of halogens is 2. The van der Waals surface area contributed by atoms with E-state index < -0.39 is 5.82 Å². The van der Waals surface area contributed by atoms with Crippen molar-refractivity contribution in [1.29, 1.82) is 5.26 Å². The number of nitrogens with zero attached hydrogens (tertiary/aromatic N) is 4. The van der Waals surface area contributed by atoms with Crippen LogP contribution >= 0.6 is 11.6 Å². The lowest BCUT2D eigenvalue weighted by Crippen LogP contribution is -1.92. The van der Waals surface area contributed by atoms with Crippen molar-refractivity contribution in [3.05, 3.63) is 52.9 Å². The molecule has 0 atom stereocenters. The van der Waals surface area contributed by atoms with Crippen LogP contribution in [0.15, 0.2) is 36.5 Å². The van der Waals surface area contributed by atoms with Gasteiger partial charge in [0, 0.05) is 11.8 Å². The van der Waals surface area contributed by atoms with Crippen LogP contribution in [0.3, 0.4) is 0 Å². The number of nitriles is 1. The molecule has 3 rings (SSSR count). The van der Waals surface area contributed by atoms with Gasteiger partial charge in [-0.1, -0.05) is 11.6 Å². The van der Waals surface area contributed by atoms with Gasteiger partial charge in [0.25, 0.3) is 0 Å². The summed E-state index contributed by atoms with van der Waals surface area (Å²) in [7, 11) is 0. The van der Waals surface area contributed by atoms with Crippen LogP contribution in [0.1, 0.15) is 5.56 Å². The Hall–Kier alpha value is -2.45. The van der Waals surface area contributed by atoms with E-state index >= 15 is 0 Å². The van der Waals surface area contributed by atoms with E-state index in [9.17, 15) is 4.39 Å². The molecule has 1 aromatic carbocycles. The van der Waals surface area contributed by atoms with Crippen molar-refractivity contribution in [2.45, 2.75) is 0 Å². The van der Waals surface area contributed by atoms with Gasteiger partial charge in [-0.3, -0.25) is 4.40 Å². The van der Waals surface area contributed by atoms with E-state index in [2.05, 4.69) is 10.2 Å². The normalized spacial score (nSPS) is 10.6. The Labute approximate surface area is 112 Å². The number of hydrogen-bond acceptors (Lipinski definition) is 3. The van der Waals surface area contributed by atoms with Gasteiger partial charge in [0.2, 0.25) is 0 Å². The van der Waals surface area contributed by atoms with Crippen molar-refractivity contribution in [3.63, 3.8) is 0 Å². The Morgan fingerprint density at radius 1 is 1.21 bits per heavy atom. The first-order valence-electron chi connectivity index (χ1n) is 5.39. The fraction of sp³-hybridized carbons (Fsp3) is 0. The fourth-order valence-electron chi connectivity index (χ4n) is 1.81. The molecule has 0 spiro atoms. The van der Waals surface area contributed by atoms with E-state index in [1.54, 1.807) is 22.7 Å². The highest BCUT2D eigenvalue weighted by molar-refractivity contribution is 6.33. The summed E-state index contributed by atoms with van der Waals surface area (Å²) < 4.78 is 14.7. The van der Waals surface area contributed by atoms with Crippen molar-refractivity contribution >= 4 is 17.2 Å². The number of benzene rings is 1. The first-order valence-corrected chi connectivity index (χ1v) is 5.77. The molecule has 2 aromatic heterocycles. The summed E-state index contributed by atoms with van der Waals surface area (Å²) in [6, 6.07) is 9.43. The van der Waals surface area contributed by atoms with E-state index in [-0.39, 0.29) is 5.02 Å². The zero-order chi connectivity index (χ0) is 13.4. The van der Waals surface area contributed by atoms with Gasteiger partial charge in [-0.05, 0) is 30.3 Å². The zero-order valence-corrected chi connectivity index (χ0v) is 10.3. The fourth-order valence-corrected chi connectivity index (χ4v) is 2.06. The lowest BCUT2D eigenvalue weighted by Gasteiger charge is -2.03. The number of hydrogen-bond donors (Lipinski definition) is 0. The number of pyridine rings is 1. The van der Waals surface area contributed by atoms with Gasteiger partial charge in [0.1, 0.15) is 11.9 Å². The molecule has 0 aliphatic heterocycles. The SMILES string of the molecule is N#Cc1ccc2nnc(-c3ccc(F)cc3Cl)n2c1. The van der Waals surface area contributed by atoms with Crippen molar-refractivity contribution in [1.82, 2.24) is 14.6 Å². The van der Waals surface area contributed by atoms with Crippen LogP contribution in [0.5, 0.6) is 0 Å². The standard InChI is InChI=1S/C13H6ClFN4/c14-11-5-9(15)2-3-10(11)13-18-17-12-4-1-8(6-16)7-19(12)13/h1-5,7H. The number of fused-ring (bicyclic) bond motifs is 1. The molecule has 0 fully saturated rings. The third kappa shape index (κ3) is 1.92. The summed E-state index contributed by atoms with van der Waals surface area (Å²) in [5.74, 6) is 0.0531. The quantitative estimate of drug-likeness (QED) is 0.684. The van der Waals surface area contributed by atoms with E-state index in [0.29, 0.717) is 22.6 Å². The summed E-state index contributed by atoms with van der Waals surface area (Å²) in [6.45, 7) is 0. The Kier molecular flexibility index (Phi) is 2.65. The lowest BCUT2D eigenvalue weighted by atomic mass is 10.2. The molecule has 92 valence electrons. The highest BCUT2D eigenvalue weighted by atomic mass is 35.5. The second-order valence-electron chi connectivity index (χ2n) is 3.91. The highest BCUT2D eigenvalue weighted by Gasteiger charge is 2.12. The number of aromatic nitrogens is 3. The van der Waals surface area contributed by atoms with Gasteiger partial charge in [0.05, 0.1) is 10.6 Å². The molecule has 3 aromatic rings. The van der Waals surface area contributed by atoms with E-state index in [4.69, 9.17) is 16.9 Å². The molecule has 6 heteroatoms. The maximum atomic E-state index is 13.1. The maximum absolute atomic E-state index is 13.1. The van der Waals surface area contributed by atoms with Crippen molar-refractivity contribution in [3.8, 4) is 17.5 Å². The van der Waals surface area contributed by atoms with Crippen molar-refractivity contribution in [2.24, 2.45) is 0 Å². The third-order valence-corrected chi connectivity index (χ3v) is 3.02. The minimum absolute atomic E-state index is 0.247. The minimum atomic E-state index is -0.416. The van der Waals surface area contributed by atoms with Gasteiger partial charge in [-0.25, -0.2) is 4.39 Å². The monoisotopic (exact) mass is 272 g/mol. The Morgan fingerprint density at radius 3 is 2.79 bits per heavy atom. The Balaban J connectivity index is 2.28. The van der Waals surface area contributed by atoms with Crippen LogP contribution in [0, 0.1) is 17.1 Å².